The topological polar surface area (TPSA) is 58.9 Å². The van der Waals surface area contributed by atoms with Crippen LogP contribution in [0.1, 0.15) is 52.9 Å². The number of ether oxygens (including phenoxy) is 1. The summed E-state index contributed by atoms with van der Waals surface area (Å²) in [5.41, 5.74) is -0.0407. The fourth-order valence-electron chi connectivity index (χ4n) is 3.64. The number of aliphatic hydroxyl groups excluding tert-OH is 2. The zero-order valence-corrected chi connectivity index (χ0v) is 13.9. The van der Waals surface area contributed by atoms with Gasteiger partial charge in [-0.05, 0) is 36.5 Å². The highest BCUT2D eigenvalue weighted by molar-refractivity contribution is 7.09. The minimum absolute atomic E-state index is 0.0407. The standard InChI is InChI=1S/C15H29O4P/c1-4-15(2,3)13(16)6-5-9-10-7-14(17)18-11(10)8-12(9)19-20/h9-14,16-17H,4-8,20H2,1-3H3/t9-,10?,11?,12?,13?,14?/m1/s1. The van der Waals surface area contributed by atoms with Crippen molar-refractivity contribution >= 4 is 9.47 Å². The van der Waals surface area contributed by atoms with E-state index >= 15 is 0 Å². The van der Waals surface area contributed by atoms with Crippen LogP contribution in [-0.2, 0) is 9.26 Å². The van der Waals surface area contributed by atoms with Gasteiger partial charge in [-0.1, -0.05) is 20.8 Å². The highest BCUT2D eigenvalue weighted by Crippen LogP contribution is 2.47. The van der Waals surface area contributed by atoms with Gasteiger partial charge in [0.1, 0.15) is 0 Å². The molecule has 4 nitrogen and oxygen atoms in total. The van der Waals surface area contributed by atoms with Crippen molar-refractivity contribution in [3.8, 4) is 0 Å². The van der Waals surface area contributed by atoms with Crippen molar-refractivity contribution in [3.63, 3.8) is 0 Å². The van der Waals surface area contributed by atoms with Crippen LogP contribution in [0.4, 0.5) is 0 Å². The van der Waals surface area contributed by atoms with E-state index in [1.54, 1.807) is 0 Å². The van der Waals surface area contributed by atoms with Crippen molar-refractivity contribution in [1.82, 2.24) is 0 Å². The number of aliphatic hydroxyl groups is 2. The third kappa shape index (κ3) is 3.36. The van der Waals surface area contributed by atoms with Gasteiger partial charge in [0.2, 0.25) is 0 Å². The largest absolute Gasteiger partial charge is 0.393 e. The quantitative estimate of drug-likeness (QED) is 0.740. The lowest BCUT2D eigenvalue weighted by molar-refractivity contribution is -0.0939. The van der Waals surface area contributed by atoms with Gasteiger partial charge >= 0.3 is 0 Å². The monoisotopic (exact) mass is 304 g/mol. The van der Waals surface area contributed by atoms with Crippen LogP contribution in [0.25, 0.3) is 0 Å². The lowest BCUT2D eigenvalue weighted by Gasteiger charge is -2.31. The first-order valence-electron chi connectivity index (χ1n) is 7.76. The summed E-state index contributed by atoms with van der Waals surface area (Å²) in [6.45, 7) is 6.34. The molecule has 0 amide bonds. The van der Waals surface area contributed by atoms with Crippen LogP contribution in [0, 0.1) is 17.3 Å². The molecule has 0 spiro atoms. The van der Waals surface area contributed by atoms with E-state index < -0.39 is 6.29 Å². The maximum absolute atomic E-state index is 10.4. The first kappa shape index (κ1) is 16.6. The summed E-state index contributed by atoms with van der Waals surface area (Å²) in [6, 6.07) is 0. The summed E-state index contributed by atoms with van der Waals surface area (Å²) in [7, 11) is 2.36. The summed E-state index contributed by atoms with van der Waals surface area (Å²) in [5, 5.41) is 20.0. The summed E-state index contributed by atoms with van der Waals surface area (Å²) in [6.07, 6.45) is 3.62. The van der Waals surface area contributed by atoms with E-state index in [0.29, 0.717) is 18.3 Å². The SMILES string of the molecule is CCC(C)(C)C(O)CC[C@H]1C(OP)CC2OC(O)CC21. The van der Waals surface area contributed by atoms with E-state index in [2.05, 4.69) is 30.2 Å². The Kier molecular flexibility index (Phi) is 5.47. The average molecular weight is 304 g/mol. The fourth-order valence-corrected chi connectivity index (χ4v) is 3.95. The van der Waals surface area contributed by atoms with Crippen LogP contribution in [0.2, 0.25) is 0 Å². The van der Waals surface area contributed by atoms with Crippen molar-refractivity contribution in [2.75, 3.05) is 0 Å². The summed E-state index contributed by atoms with van der Waals surface area (Å²) in [4.78, 5) is 0. The fraction of sp³-hybridized carbons (Fsp3) is 1.00. The molecule has 2 fully saturated rings. The zero-order chi connectivity index (χ0) is 14.9. The van der Waals surface area contributed by atoms with Crippen LogP contribution in [-0.4, -0.2) is 34.8 Å². The van der Waals surface area contributed by atoms with Gasteiger partial charge in [-0.15, -0.1) is 0 Å². The molecule has 1 aliphatic carbocycles. The van der Waals surface area contributed by atoms with Crippen molar-refractivity contribution in [1.29, 1.82) is 0 Å². The van der Waals surface area contributed by atoms with E-state index in [9.17, 15) is 10.2 Å². The number of hydrogen-bond donors (Lipinski definition) is 2. The van der Waals surface area contributed by atoms with Crippen LogP contribution in [0.15, 0.2) is 0 Å². The highest BCUT2D eigenvalue weighted by Gasteiger charge is 2.49. The number of rotatable bonds is 6. The molecule has 118 valence electrons. The Hall–Kier alpha value is 0.270. The van der Waals surface area contributed by atoms with Gasteiger partial charge in [0, 0.05) is 22.3 Å². The third-order valence-corrected chi connectivity index (χ3v) is 5.89. The molecule has 6 unspecified atom stereocenters. The molecule has 5 heteroatoms. The minimum Gasteiger partial charge on any atom is -0.393 e. The molecular weight excluding hydrogens is 275 g/mol. The van der Waals surface area contributed by atoms with Gasteiger partial charge in [-0.3, -0.25) is 0 Å². The predicted octanol–water partition coefficient (Wildman–Crippen LogP) is 2.48. The molecule has 1 aliphatic heterocycles. The summed E-state index contributed by atoms with van der Waals surface area (Å²) < 4.78 is 11.1. The maximum Gasteiger partial charge on any atom is 0.155 e. The number of hydrogen-bond acceptors (Lipinski definition) is 4. The lowest BCUT2D eigenvalue weighted by Crippen LogP contribution is -2.30. The van der Waals surface area contributed by atoms with Gasteiger partial charge in [-0.25, -0.2) is 0 Å². The molecular formula is C15H29O4P. The molecule has 7 atom stereocenters. The normalized spacial score (nSPS) is 39.0. The highest BCUT2D eigenvalue weighted by atomic mass is 31.0. The molecule has 0 bridgehead atoms. The van der Waals surface area contributed by atoms with E-state index in [1.165, 1.54) is 0 Å². The smallest absolute Gasteiger partial charge is 0.155 e. The Balaban J connectivity index is 1.93. The van der Waals surface area contributed by atoms with Crippen molar-refractivity contribution < 1.29 is 19.5 Å². The Labute approximate surface area is 124 Å². The Morgan fingerprint density at radius 3 is 2.70 bits per heavy atom. The lowest BCUT2D eigenvalue weighted by atomic mass is 9.79. The van der Waals surface area contributed by atoms with E-state index in [0.717, 1.165) is 25.7 Å². The molecule has 0 aromatic heterocycles. The molecule has 0 aromatic rings. The summed E-state index contributed by atoms with van der Waals surface area (Å²) in [5.74, 6) is 0.740. The maximum atomic E-state index is 10.4. The molecule has 1 saturated carbocycles. The van der Waals surface area contributed by atoms with E-state index in [4.69, 9.17) is 9.26 Å². The van der Waals surface area contributed by atoms with Gasteiger partial charge in [0.15, 0.2) is 6.29 Å². The van der Waals surface area contributed by atoms with Crippen molar-refractivity contribution in [2.45, 2.75) is 77.5 Å². The third-order valence-electron chi connectivity index (χ3n) is 5.54. The summed E-state index contributed by atoms with van der Waals surface area (Å²) >= 11 is 0. The van der Waals surface area contributed by atoms with Crippen LogP contribution in [0.3, 0.4) is 0 Å². The van der Waals surface area contributed by atoms with Gasteiger partial charge < -0.3 is 19.5 Å². The van der Waals surface area contributed by atoms with E-state index in [-0.39, 0.29) is 23.7 Å². The molecule has 2 N–H and O–H groups in total. The van der Waals surface area contributed by atoms with Crippen molar-refractivity contribution in [3.05, 3.63) is 0 Å². The minimum atomic E-state index is -0.616. The first-order chi connectivity index (χ1) is 9.39. The molecule has 20 heavy (non-hydrogen) atoms. The zero-order valence-electron chi connectivity index (χ0n) is 12.8. The van der Waals surface area contributed by atoms with Gasteiger partial charge in [0.05, 0.1) is 18.3 Å². The molecule has 0 radical (unpaired) electrons. The second kappa shape index (κ2) is 6.58. The van der Waals surface area contributed by atoms with Gasteiger partial charge in [0.25, 0.3) is 0 Å². The predicted molar refractivity (Wildman–Crippen MR) is 81.0 cm³/mol. The van der Waals surface area contributed by atoms with Crippen LogP contribution < -0.4 is 0 Å². The second-order valence-electron chi connectivity index (χ2n) is 7.04. The Morgan fingerprint density at radius 2 is 2.10 bits per heavy atom. The number of fused-ring (bicyclic) bond motifs is 1. The first-order valence-corrected chi connectivity index (χ1v) is 8.23. The molecule has 2 aliphatic rings. The van der Waals surface area contributed by atoms with Gasteiger partial charge in [-0.2, -0.15) is 0 Å². The van der Waals surface area contributed by atoms with Crippen LogP contribution >= 0.6 is 9.47 Å². The molecule has 0 aromatic carbocycles. The molecule has 1 heterocycles. The van der Waals surface area contributed by atoms with Crippen molar-refractivity contribution in [2.24, 2.45) is 17.3 Å². The van der Waals surface area contributed by atoms with Crippen LogP contribution in [0.5, 0.6) is 0 Å². The Morgan fingerprint density at radius 1 is 1.40 bits per heavy atom. The average Bonchev–Trinajstić information content (AvgIpc) is 2.91. The molecule has 1 saturated heterocycles. The molecule has 2 rings (SSSR count). The van der Waals surface area contributed by atoms with E-state index in [1.807, 2.05) is 0 Å². The second-order valence-corrected chi connectivity index (χ2v) is 7.31. The Bertz CT molecular complexity index is 323.